The van der Waals surface area contributed by atoms with Gasteiger partial charge in [-0.25, -0.2) is 0 Å². The van der Waals surface area contributed by atoms with E-state index in [2.05, 4.69) is 24.5 Å². The number of carbonyl (C=O) groups is 1. The number of ether oxygens (including phenoxy) is 1. The molecule has 2 unspecified atom stereocenters. The van der Waals surface area contributed by atoms with Crippen molar-refractivity contribution in [2.75, 3.05) is 6.61 Å². The van der Waals surface area contributed by atoms with Crippen LogP contribution in [0, 0.1) is 0 Å². The standard InChI is InChI=1S/C15H30N2O2/c1-6-15(7-2)10-13(8-9-19-15)17-12(5)14(18)16-11(3)4/h11-13,17H,6-10H2,1-5H3,(H,16,18). The normalized spacial score (nSPS) is 24.2. The highest BCUT2D eigenvalue weighted by Crippen LogP contribution is 2.31. The summed E-state index contributed by atoms with van der Waals surface area (Å²) in [6, 6.07) is 0.426. The molecule has 0 radical (unpaired) electrons. The maximum Gasteiger partial charge on any atom is 0.237 e. The molecular weight excluding hydrogens is 240 g/mol. The Labute approximate surface area is 117 Å². The zero-order valence-corrected chi connectivity index (χ0v) is 13.1. The molecule has 1 saturated heterocycles. The second-order valence-corrected chi connectivity index (χ2v) is 5.98. The maximum atomic E-state index is 11.9. The van der Waals surface area contributed by atoms with E-state index in [1.54, 1.807) is 0 Å². The van der Waals surface area contributed by atoms with Crippen LogP contribution in [-0.2, 0) is 9.53 Å². The Morgan fingerprint density at radius 1 is 1.32 bits per heavy atom. The van der Waals surface area contributed by atoms with Gasteiger partial charge in [-0.15, -0.1) is 0 Å². The predicted molar refractivity (Wildman–Crippen MR) is 78.2 cm³/mol. The molecule has 0 spiro atoms. The Hall–Kier alpha value is -0.610. The molecule has 1 rings (SSSR count). The van der Waals surface area contributed by atoms with Gasteiger partial charge in [-0.3, -0.25) is 4.79 Å². The van der Waals surface area contributed by atoms with Crippen molar-refractivity contribution in [1.82, 2.24) is 10.6 Å². The second-order valence-electron chi connectivity index (χ2n) is 5.98. The van der Waals surface area contributed by atoms with Crippen LogP contribution in [0.2, 0.25) is 0 Å². The lowest BCUT2D eigenvalue weighted by molar-refractivity contribution is -0.125. The van der Waals surface area contributed by atoms with Crippen LogP contribution in [0.25, 0.3) is 0 Å². The van der Waals surface area contributed by atoms with Gasteiger partial charge in [-0.1, -0.05) is 13.8 Å². The molecule has 1 fully saturated rings. The van der Waals surface area contributed by atoms with Crippen molar-refractivity contribution < 1.29 is 9.53 Å². The molecule has 0 aromatic rings. The monoisotopic (exact) mass is 270 g/mol. The van der Waals surface area contributed by atoms with E-state index >= 15 is 0 Å². The molecule has 2 atom stereocenters. The van der Waals surface area contributed by atoms with Crippen LogP contribution in [0.4, 0.5) is 0 Å². The fourth-order valence-electron chi connectivity index (χ4n) is 2.75. The van der Waals surface area contributed by atoms with Crippen molar-refractivity contribution in [3.05, 3.63) is 0 Å². The van der Waals surface area contributed by atoms with Gasteiger partial charge in [0.15, 0.2) is 0 Å². The van der Waals surface area contributed by atoms with Crippen LogP contribution in [0.1, 0.15) is 60.3 Å². The molecule has 4 heteroatoms. The van der Waals surface area contributed by atoms with E-state index in [0.717, 1.165) is 32.3 Å². The van der Waals surface area contributed by atoms with E-state index in [9.17, 15) is 4.79 Å². The number of hydrogen-bond donors (Lipinski definition) is 2. The van der Waals surface area contributed by atoms with Gasteiger partial charge in [0.25, 0.3) is 0 Å². The van der Waals surface area contributed by atoms with Gasteiger partial charge in [-0.2, -0.15) is 0 Å². The van der Waals surface area contributed by atoms with E-state index in [1.165, 1.54) is 0 Å². The summed E-state index contributed by atoms with van der Waals surface area (Å²) < 4.78 is 5.96. The molecule has 1 amide bonds. The second kappa shape index (κ2) is 7.25. The topological polar surface area (TPSA) is 50.4 Å². The Morgan fingerprint density at radius 2 is 1.95 bits per heavy atom. The third kappa shape index (κ3) is 4.77. The molecule has 112 valence electrons. The Balaban J connectivity index is 2.50. The zero-order chi connectivity index (χ0) is 14.5. The summed E-state index contributed by atoms with van der Waals surface area (Å²) in [5, 5.41) is 6.40. The first-order chi connectivity index (χ1) is 8.92. The number of amides is 1. The minimum atomic E-state index is -0.142. The lowest BCUT2D eigenvalue weighted by Gasteiger charge is -2.41. The molecule has 2 N–H and O–H groups in total. The van der Waals surface area contributed by atoms with Gasteiger partial charge in [0, 0.05) is 18.7 Å². The van der Waals surface area contributed by atoms with Crippen LogP contribution < -0.4 is 10.6 Å². The van der Waals surface area contributed by atoms with Gasteiger partial charge in [0.05, 0.1) is 11.6 Å². The SMILES string of the molecule is CCC1(CC)CC(NC(C)C(=O)NC(C)C)CCO1. The minimum absolute atomic E-state index is 0.00413. The van der Waals surface area contributed by atoms with Crippen LogP contribution in [0.5, 0.6) is 0 Å². The maximum absolute atomic E-state index is 11.9. The highest BCUT2D eigenvalue weighted by molar-refractivity contribution is 5.81. The highest BCUT2D eigenvalue weighted by Gasteiger charge is 2.35. The summed E-state index contributed by atoms with van der Waals surface area (Å²) in [7, 11) is 0. The fraction of sp³-hybridized carbons (Fsp3) is 0.933. The molecule has 0 bridgehead atoms. The Bertz CT molecular complexity index is 288. The molecule has 0 saturated carbocycles. The lowest BCUT2D eigenvalue weighted by Crippen LogP contribution is -2.53. The third-order valence-corrected chi connectivity index (χ3v) is 4.09. The molecule has 19 heavy (non-hydrogen) atoms. The quantitative estimate of drug-likeness (QED) is 0.778. The molecule has 1 aliphatic rings. The van der Waals surface area contributed by atoms with Crippen molar-refractivity contribution in [1.29, 1.82) is 0 Å². The largest absolute Gasteiger partial charge is 0.375 e. The molecule has 1 aliphatic heterocycles. The van der Waals surface area contributed by atoms with Gasteiger partial charge in [0.2, 0.25) is 5.91 Å². The summed E-state index contributed by atoms with van der Waals surface area (Å²) in [5.41, 5.74) is 0.00413. The summed E-state index contributed by atoms with van der Waals surface area (Å²) in [5.74, 6) is 0.0834. The van der Waals surface area contributed by atoms with Crippen molar-refractivity contribution in [3.8, 4) is 0 Å². The average Bonchev–Trinajstić information content (AvgIpc) is 2.38. The first-order valence-corrected chi connectivity index (χ1v) is 7.63. The van der Waals surface area contributed by atoms with Gasteiger partial charge in [0.1, 0.15) is 0 Å². The summed E-state index contributed by atoms with van der Waals surface area (Å²) in [4.78, 5) is 11.9. The first-order valence-electron chi connectivity index (χ1n) is 7.63. The van der Waals surface area contributed by atoms with E-state index < -0.39 is 0 Å². The molecule has 0 aliphatic carbocycles. The first kappa shape index (κ1) is 16.4. The van der Waals surface area contributed by atoms with Gasteiger partial charge < -0.3 is 15.4 Å². The number of nitrogens with one attached hydrogen (secondary N) is 2. The number of rotatable bonds is 6. The highest BCUT2D eigenvalue weighted by atomic mass is 16.5. The van der Waals surface area contributed by atoms with Crippen molar-refractivity contribution in [2.45, 2.75) is 84.0 Å². The van der Waals surface area contributed by atoms with Crippen LogP contribution in [-0.4, -0.2) is 36.2 Å². The Morgan fingerprint density at radius 3 is 2.47 bits per heavy atom. The van der Waals surface area contributed by atoms with E-state index in [0.29, 0.717) is 6.04 Å². The fourth-order valence-corrected chi connectivity index (χ4v) is 2.75. The molecule has 0 aromatic heterocycles. The number of hydrogen-bond acceptors (Lipinski definition) is 3. The smallest absolute Gasteiger partial charge is 0.237 e. The van der Waals surface area contributed by atoms with E-state index in [-0.39, 0.29) is 23.6 Å². The number of carbonyl (C=O) groups excluding carboxylic acids is 1. The summed E-state index contributed by atoms with van der Waals surface area (Å²) in [6.45, 7) is 11.1. The lowest BCUT2D eigenvalue weighted by atomic mass is 9.85. The van der Waals surface area contributed by atoms with Gasteiger partial charge >= 0.3 is 0 Å². The predicted octanol–water partition coefficient (Wildman–Crippen LogP) is 2.23. The van der Waals surface area contributed by atoms with E-state index in [4.69, 9.17) is 4.74 Å². The van der Waals surface area contributed by atoms with Crippen molar-refractivity contribution in [2.24, 2.45) is 0 Å². The van der Waals surface area contributed by atoms with Crippen LogP contribution in [0.15, 0.2) is 0 Å². The molecule has 1 heterocycles. The van der Waals surface area contributed by atoms with E-state index in [1.807, 2.05) is 20.8 Å². The van der Waals surface area contributed by atoms with Gasteiger partial charge in [-0.05, 0) is 46.5 Å². The van der Waals surface area contributed by atoms with Crippen LogP contribution in [0.3, 0.4) is 0 Å². The van der Waals surface area contributed by atoms with Crippen LogP contribution >= 0.6 is 0 Å². The van der Waals surface area contributed by atoms with Crippen molar-refractivity contribution >= 4 is 5.91 Å². The third-order valence-electron chi connectivity index (χ3n) is 4.09. The molecule has 4 nitrogen and oxygen atoms in total. The zero-order valence-electron chi connectivity index (χ0n) is 13.1. The van der Waals surface area contributed by atoms with Crippen molar-refractivity contribution in [3.63, 3.8) is 0 Å². The Kier molecular flexibility index (Phi) is 6.27. The summed E-state index contributed by atoms with van der Waals surface area (Å²) in [6.07, 6.45) is 4.06. The minimum Gasteiger partial charge on any atom is -0.375 e. The average molecular weight is 270 g/mol. The molecule has 0 aromatic carbocycles. The summed E-state index contributed by atoms with van der Waals surface area (Å²) >= 11 is 0. The molecular formula is C15H30N2O2.